The second-order valence-electron chi connectivity index (χ2n) is 1.78. The third-order valence-electron chi connectivity index (χ3n) is 1.28. The van der Waals surface area contributed by atoms with Crippen LogP contribution in [0.4, 0.5) is 0 Å². The fourth-order valence-electron chi connectivity index (χ4n) is 0.754. The van der Waals surface area contributed by atoms with Gasteiger partial charge in [-0.05, 0) is 6.42 Å². The summed E-state index contributed by atoms with van der Waals surface area (Å²) in [6.45, 7) is 1.91. The molecule has 2 nitrogen and oxygen atoms in total. The van der Waals surface area contributed by atoms with Crippen LogP contribution in [-0.2, 0) is 37.4 Å². The minimum atomic E-state index is 0. The Balaban J connectivity index is 0.000000490. The molecule has 1 rings (SSSR count). The van der Waals surface area contributed by atoms with Gasteiger partial charge in [-0.15, -0.1) is 13.1 Å². The molecule has 0 aromatic carbocycles. The Kier molecular flexibility index (Phi) is 5.48. The Bertz CT molecular complexity index is 54.4. The van der Waals surface area contributed by atoms with Crippen molar-refractivity contribution in [3.63, 3.8) is 0 Å². The first-order valence-corrected chi connectivity index (χ1v) is 2.59. The standard InChI is InChI=1S/C5H10NO.Y/c1-7-5-2-3-6-4-5;/h5H,2-4H2,1H3;/q-1;/t5-;/m1./s1. The van der Waals surface area contributed by atoms with Crippen molar-refractivity contribution in [3.05, 3.63) is 5.32 Å². The smallest absolute Gasteiger partial charge is 0.0368 e. The molecule has 1 aliphatic rings. The summed E-state index contributed by atoms with van der Waals surface area (Å²) in [5.74, 6) is 0. The second-order valence-corrected chi connectivity index (χ2v) is 1.78. The molecule has 1 saturated heterocycles. The maximum absolute atomic E-state index is 5.02. The third-order valence-corrected chi connectivity index (χ3v) is 1.28. The van der Waals surface area contributed by atoms with E-state index in [0.29, 0.717) is 6.10 Å². The van der Waals surface area contributed by atoms with E-state index in [1.165, 1.54) is 0 Å². The zero-order valence-electron chi connectivity index (χ0n) is 5.13. The Labute approximate surface area is 75.2 Å². The molecule has 0 N–H and O–H groups in total. The van der Waals surface area contributed by atoms with E-state index in [4.69, 9.17) is 4.74 Å². The zero-order valence-corrected chi connectivity index (χ0v) is 7.97. The maximum atomic E-state index is 5.02. The summed E-state index contributed by atoms with van der Waals surface area (Å²) in [6, 6.07) is 0. The number of nitrogens with zero attached hydrogens (tertiary/aromatic N) is 1. The van der Waals surface area contributed by atoms with Crippen molar-refractivity contribution in [1.82, 2.24) is 0 Å². The van der Waals surface area contributed by atoms with E-state index < -0.39 is 0 Å². The molecular formula is C5H10NOY-. The monoisotopic (exact) mass is 189 g/mol. The van der Waals surface area contributed by atoms with Crippen LogP contribution in [0.3, 0.4) is 0 Å². The summed E-state index contributed by atoms with van der Waals surface area (Å²) in [7, 11) is 1.74. The second kappa shape index (κ2) is 4.86. The fraction of sp³-hybridized carbons (Fsp3) is 1.00. The molecule has 8 heavy (non-hydrogen) atoms. The molecule has 1 atom stereocenters. The third kappa shape index (κ3) is 2.54. The molecule has 1 heterocycles. The van der Waals surface area contributed by atoms with Gasteiger partial charge in [0.2, 0.25) is 0 Å². The fourth-order valence-corrected chi connectivity index (χ4v) is 0.754. The van der Waals surface area contributed by atoms with E-state index in [-0.39, 0.29) is 32.7 Å². The summed E-state index contributed by atoms with van der Waals surface area (Å²) in [4.78, 5) is 0. The predicted octanol–water partition coefficient (Wildman–Crippen LogP) is 0.776. The Morgan fingerprint density at radius 2 is 2.38 bits per heavy atom. The molecule has 0 amide bonds. The van der Waals surface area contributed by atoms with Crippen LogP contribution in [0.1, 0.15) is 6.42 Å². The molecule has 45 valence electrons. The number of ether oxygens (including phenoxy) is 1. The van der Waals surface area contributed by atoms with E-state index >= 15 is 0 Å². The Hall–Kier alpha value is 1.02. The van der Waals surface area contributed by atoms with Gasteiger partial charge >= 0.3 is 0 Å². The van der Waals surface area contributed by atoms with Gasteiger partial charge < -0.3 is 10.1 Å². The number of hydrogen-bond acceptors (Lipinski definition) is 1. The van der Waals surface area contributed by atoms with Gasteiger partial charge in [-0.25, -0.2) is 0 Å². The topological polar surface area (TPSA) is 23.3 Å². The summed E-state index contributed by atoms with van der Waals surface area (Å²) >= 11 is 0. The molecule has 1 radical (unpaired) electrons. The Morgan fingerprint density at radius 1 is 1.62 bits per heavy atom. The quantitative estimate of drug-likeness (QED) is 0.597. The van der Waals surface area contributed by atoms with Crippen LogP contribution in [0.15, 0.2) is 0 Å². The minimum absolute atomic E-state index is 0. The van der Waals surface area contributed by atoms with Gasteiger partial charge in [-0.3, -0.25) is 0 Å². The first-order valence-electron chi connectivity index (χ1n) is 2.59. The molecule has 0 aromatic heterocycles. The van der Waals surface area contributed by atoms with Gasteiger partial charge in [0.15, 0.2) is 0 Å². The van der Waals surface area contributed by atoms with Crippen LogP contribution in [0.25, 0.3) is 5.32 Å². The van der Waals surface area contributed by atoms with Gasteiger partial charge in [0.25, 0.3) is 0 Å². The van der Waals surface area contributed by atoms with Crippen molar-refractivity contribution >= 4 is 0 Å². The first kappa shape index (κ1) is 9.02. The Morgan fingerprint density at radius 3 is 2.62 bits per heavy atom. The molecule has 0 saturated carbocycles. The SMILES string of the molecule is CO[C@@H]1CC[N-]C1.[Y]. The molecule has 0 bridgehead atoms. The summed E-state index contributed by atoms with van der Waals surface area (Å²) in [5.41, 5.74) is 0. The van der Waals surface area contributed by atoms with E-state index in [1.807, 2.05) is 0 Å². The summed E-state index contributed by atoms with van der Waals surface area (Å²) in [6.07, 6.45) is 1.55. The molecule has 0 aliphatic carbocycles. The molecule has 1 aliphatic heterocycles. The predicted molar refractivity (Wildman–Crippen MR) is 28.5 cm³/mol. The van der Waals surface area contributed by atoms with Crippen LogP contribution in [0.2, 0.25) is 0 Å². The van der Waals surface area contributed by atoms with Crippen molar-refractivity contribution in [1.29, 1.82) is 0 Å². The normalized spacial score (nSPS) is 27.4. The molecule has 3 heteroatoms. The molecule has 1 fully saturated rings. The average Bonchev–Trinajstić information content (AvgIpc) is 2.14. The van der Waals surface area contributed by atoms with E-state index in [2.05, 4.69) is 5.32 Å². The van der Waals surface area contributed by atoms with Crippen molar-refractivity contribution in [2.45, 2.75) is 12.5 Å². The maximum Gasteiger partial charge on any atom is 0.0368 e. The zero-order chi connectivity index (χ0) is 5.11. The molecule has 0 aromatic rings. The number of methoxy groups -OCH3 is 1. The van der Waals surface area contributed by atoms with Gasteiger partial charge in [-0.2, -0.15) is 0 Å². The van der Waals surface area contributed by atoms with Gasteiger partial charge in [-0.1, -0.05) is 0 Å². The van der Waals surface area contributed by atoms with Gasteiger partial charge in [0.05, 0.1) is 0 Å². The van der Waals surface area contributed by atoms with Crippen LogP contribution in [0.5, 0.6) is 0 Å². The van der Waals surface area contributed by atoms with Gasteiger partial charge in [0, 0.05) is 45.9 Å². The summed E-state index contributed by atoms with van der Waals surface area (Å²) in [5, 5.41) is 4.11. The van der Waals surface area contributed by atoms with Crippen LogP contribution in [-0.4, -0.2) is 26.3 Å². The molecule has 0 unspecified atom stereocenters. The molecular weight excluding hydrogens is 179 g/mol. The van der Waals surface area contributed by atoms with Crippen LogP contribution >= 0.6 is 0 Å². The van der Waals surface area contributed by atoms with Crippen molar-refractivity contribution < 1.29 is 37.4 Å². The van der Waals surface area contributed by atoms with Gasteiger partial charge in [0.1, 0.15) is 0 Å². The van der Waals surface area contributed by atoms with Crippen molar-refractivity contribution in [2.24, 2.45) is 0 Å². The van der Waals surface area contributed by atoms with E-state index in [1.54, 1.807) is 7.11 Å². The number of hydrogen-bond donors (Lipinski definition) is 0. The number of rotatable bonds is 1. The van der Waals surface area contributed by atoms with Crippen LogP contribution in [0, 0.1) is 0 Å². The first-order chi connectivity index (χ1) is 3.43. The van der Waals surface area contributed by atoms with Crippen molar-refractivity contribution in [3.8, 4) is 0 Å². The van der Waals surface area contributed by atoms with E-state index in [9.17, 15) is 0 Å². The van der Waals surface area contributed by atoms with Crippen molar-refractivity contribution in [2.75, 3.05) is 20.2 Å². The minimum Gasteiger partial charge on any atom is -0.660 e. The van der Waals surface area contributed by atoms with Crippen LogP contribution < -0.4 is 0 Å². The molecule has 0 spiro atoms. The largest absolute Gasteiger partial charge is 0.660 e. The van der Waals surface area contributed by atoms with E-state index in [0.717, 1.165) is 19.5 Å². The summed E-state index contributed by atoms with van der Waals surface area (Å²) < 4.78 is 5.02. The average molecular weight is 189 g/mol.